The van der Waals surface area contributed by atoms with Crippen molar-refractivity contribution in [2.75, 3.05) is 19.8 Å². The van der Waals surface area contributed by atoms with Gasteiger partial charge < -0.3 is 14.2 Å². The molecule has 0 fully saturated rings. The SMILES string of the molecule is CC(C)N(C(C)C)P(=S)(OCCC#N)OCCCCO. The molecule has 1 N–H and O–H groups in total. The Hall–Kier alpha value is -0.0200. The molecule has 1 unspecified atom stereocenters. The van der Waals surface area contributed by atoms with Gasteiger partial charge in [0, 0.05) is 18.7 Å². The van der Waals surface area contributed by atoms with Gasteiger partial charge in [0.15, 0.2) is 0 Å². The molecule has 0 bridgehead atoms. The minimum absolute atomic E-state index is 0.152. The molecule has 0 aromatic heterocycles. The van der Waals surface area contributed by atoms with Crippen LogP contribution in [0.4, 0.5) is 0 Å². The minimum atomic E-state index is -2.58. The highest BCUT2D eigenvalue weighted by Gasteiger charge is 2.32. The van der Waals surface area contributed by atoms with Gasteiger partial charge in [-0.25, -0.2) is 4.67 Å². The van der Waals surface area contributed by atoms with Crippen molar-refractivity contribution in [2.45, 2.75) is 59.0 Å². The van der Waals surface area contributed by atoms with Gasteiger partial charge >= 0.3 is 0 Å². The molecule has 0 aliphatic heterocycles. The average molecular weight is 322 g/mol. The summed E-state index contributed by atoms with van der Waals surface area (Å²) in [4.78, 5) is 0. The molecule has 0 heterocycles. The van der Waals surface area contributed by atoms with E-state index in [1.807, 2.05) is 0 Å². The number of nitrogens with zero attached hydrogens (tertiary/aromatic N) is 2. The van der Waals surface area contributed by atoms with Crippen LogP contribution in [0.3, 0.4) is 0 Å². The summed E-state index contributed by atoms with van der Waals surface area (Å²) in [7, 11) is 0. The third kappa shape index (κ3) is 7.12. The molecule has 0 saturated heterocycles. The molecule has 1 atom stereocenters. The fraction of sp³-hybridized carbons (Fsp3) is 0.923. The highest BCUT2D eigenvalue weighted by molar-refractivity contribution is 8.08. The van der Waals surface area contributed by atoms with Crippen LogP contribution in [0.2, 0.25) is 0 Å². The van der Waals surface area contributed by atoms with E-state index < -0.39 is 6.64 Å². The molecule has 20 heavy (non-hydrogen) atoms. The number of hydrogen-bond donors (Lipinski definition) is 1. The number of aliphatic hydroxyl groups is 1. The second-order valence-corrected chi connectivity index (χ2v) is 8.34. The van der Waals surface area contributed by atoms with E-state index >= 15 is 0 Å². The van der Waals surface area contributed by atoms with Crippen LogP contribution < -0.4 is 0 Å². The van der Waals surface area contributed by atoms with Crippen LogP contribution in [0, 0.1) is 11.3 Å². The second-order valence-electron chi connectivity index (χ2n) is 5.04. The largest absolute Gasteiger partial charge is 0.396 e. The average Bonchev–Trinajstić information content (AvgIpc) is 2.34. The Morgan fingerprint density at radius 2 is 1.70 bits per heavy atom. The molecule has 0 amide bonds. The van der Waals surface area contributed by atoms with Crippen LogP contribution in [0.25, 0.3) is 0 Å². The van der Waals surface area contributed by atoms with E-state index in [2.05, 4.69) is 38.4 Å². The summed E-state index contributed by atoms with van der Waals surface area (Å²) < 4.78 is 13.7. The zero-order chi connectivity index (χ0) is 15.6. The van der Waals surface area contributed by atoms with Gasteiger partial charge in [-0.2, -0.15) is 5.26 Å². The van der Waals surface area contributed by atoms with E-state index in [0.29, 0.717) is 26.1 Å². The monoisotopic (exact) mass is 322 g/mol. The summed E-state index contributed by atoms with van der Waals surface area (Å²) in [6.07, 6.45) is 1.75. The number of nitriles is 1. The van der Waals surface area contributed by atoms with E-state index in [4.69, 9.17) is 31.2 Å². The van der Waals surface area contributed by atoms with Gasteiger partial charge in [-0.3, -0.25) is 0 Å². The molecule has 0 saturated carbocycles. The van der Waals surface area contributed by atoms with Crippen molar-refractivity contribution in [2.24, 2.45) is 0 Å². The van der Waals surface area contributed by atoms with Crippen molar-refractivity contribution < 1.29 is 14.2 Å². The molecule has 0 spiro atoms. The summed E-state index contributed by atoms with van der Waals surface area (Å²) in [6, 6.07) is 2.47. The Morgan fingerprint density at radius 3 is 2.15 bits per heavy atom. The minimum Gasteiger partial charge on any atom is -0.396 e. The maximum Gasteiger partial charge on any atom is 0.264 e. The fourth-order valence-corrected chi connectivity index (χ4v) is 5.67. The first-order valence-electron chi connectivity index (χ1n) is 7.04. The van der Waals surface area contributed by atoms with Gasteiger partial charge in [0.2, 0.25) is 0 Å². The molecule has 0 aliphatic carbocycles. The quantitative estimate of drug-likeness (QED) is 0.466. The lowest BCUT2D eigenvalue weighted by molar-refractivity contribution is 0.168. The summed E-state index contributed by atoms with van der Waals surface area (Å²) in [5.41, 5.74) is 0. The Balaban J connectivity index is 4.82. The molecule has 0 aliphatic rings. The molecule has 0 radical (unpaired) electrons. The zero-order valence-electron chi connectivity index (χ0n) is 12.9. The summed E-state index contributed by atoms with van der Waals surface area (Å²) in [6.45, 7) is 6.59. The molecule has 0 aromatic carbocycles. The van der Waals surface area contributed by atoms with Crippen molar-refractivity contribution in [1.29, 1.82) is 5.26 Å². The standard InChI is InChI=1S/C13H27N2O3PS/c1-12(2)15(13(3)4)19(20,18-11-7-8-14)17-10-6-5-9-16/h12-13,16H,5-7,9-11H2,1-4H3. The number of aliphatic hydroxyl groups excluding tert-OH is 1. The third-order valence-corrected chi connectivity index (χ3v) is 6.32. The Kier molecular flexibility index (Phi) is 10.7. The molecule has 0 rings (SSSR count). The normalized spacial score (nSPS) is 14.8. The van der Waals surface area contributed by atoms with Crippen molar-refractivity contribution in [3.05, 3.63) is 0 Å². The van der Waals surface area contributed by atoms with Crippen LogP contribution in [-0.2, 0) is 20.9 Å². The fourth-order valence-electron chi connectivity index (χ4n) is 1.93. The van der Waals surface area contributed by atoms with Gasteiger partial charge in [0.25, 0.3) is 6.64 Å². The third-order valence-electron chi connectivity index (χ3n) is 2.62. The van der Waals surface area contributed by atoms with Crippen molar-refractivity contribution in [3.63, 3.8) is 0 Å². The van der Waals surface area contributed by atoms with Gasteiger partial charge in [0.1, 0.15) is 0 Å². The molecular weight excluding hydrogens is 295 g/mol. The smallest absolute Gasteiger partial charge is 0.264 e. The lowest BCUT2D eigenvalue weighted by atomic mass is 10.3. The molecule has 0 aromatic rings. The van der Waals surface area contributed by atoms with E-state index in [0.717, 1.165) is 6.42 Å². The highest BCUT2D eigenvalue weighted by atomic mass is 32.5. The van der Waals surface area contributed by atoms with Gasteiger partial charge in [-0.1, -0.05) is 0 Å². The molecule has 5 nitrogen and oxygen atoms in total. The van der Waals surface area contributed by atoms with Crippen molar-refractivity contribution in [3.8, 4) is 6.07 Å². The maximum atomic E-state index is 8.80. The number of rotatable bonds is 11. The van der Waals surface area contributed by atoms with Gasteiger partial charge in [-0.15, -0.1) is 0 Å². The van der Waals surface area contributed by atoms with Crippen molar-refractivity contribution in [1.82, 2.24) is 4.67 Å². The first-order valence-corrected chi connectivity index (χ1v) is 9.64. The van der Waals surface area contributed by atoms with Crippen LogP contribution in [0.1, 0.15) is 47.0 Å². The van der Waals surface area contributed by atoms with Crippen LogP contribution in [0.15, 0.2) is 0 Å². The van der Waals surface area contributed by atoms with Crippen LogP contribution >= 0.6 is 6.64 Å². The first kappa shape index (κ1) is 20.0. The van der Waals surface area contributed by atoms with Gasteiger partial charge in [-0.05, 0) is 52.3 Å². The Morgan fingerprint density at radius 1 is 1.15 bits per heavy atom. The van der Waals surface area contributed by atoms with Crippen LogP contribution in [-0.4, -0.2) is 41.7 Å². The van der Waals surface area contributed by atoms with E-state index in [1.54, 1.807) is 0 Å². The second kappa shape index (κ2) is 10.7. The van der Waals surface area contributed by atoms with Gasteiger partial charge in [0.05, 0.1) is 25.7 Å². The topological polar surface area (TPSA) is 65.7 Å². The Bertz CT molecular complexity index is 337. The zero-order valence-corrected chi connectivity index (χ0v) is 14.6. The molecule has 7 heteroatoms. The number of hydrogen-bond acceptors (Lipinski definition) is 5. The predicted molar refractivity (Wildman–Crippen MR) is 84.8 cm³/mol. The highest BCUT2D eigenvalue weighted by Crippen LogP contribution is 2.54. The summed E-state index contributed by atoms with van der Waals surface area (Å²) >= 11 is 5.66. The van der Waals surface area contributed by atoms with E-state index in [9.17, 15) is 0 Å². The Labute approximate surface area is 128 Å². The predicted octanol–water partition coefficient (Wildman–Crippen LogP) is 3.05. The lowest BCUT2D eigenvalue weighted by Crippen LogP contribution is -2.35. The summed E-state index contributed by atoms with van der Waals surface area (Å²) in [5.74, 6) is 0. The summed E-state index contributed by atoms with van der Waals surface area (Å²) in [5, 5.41) is 17.4. The lowest BCUT2D eigenvalue weighted by Gasteiger charge is -2.39. The first-order chi connectivity index (χ1) is 9.39. The van der Waals surface area contributed by atoms with E-state index in [1.165, 1.54) is 0 Å². The maximum absolute atomic E-state index is 8.80. The molecule has 118 valence electrons. The van der Waals surface area contributed by atoms with Crippen molar-refractivity contribution >= 4 is 18.4 Å². The van der Waals surface area contributed by atoms with Crippen LogP contribution in [0.5, 0.6) is 0 Å². The molecular formula is C13H27N2O3PS. The van der Waals surface area contributed by atoms with E-state index in [-0.39, 0.29) is 18.7 Å². The number of unbranched alkanes of at least 4 members (excludes halogenated alkanes) is 1.